The molecular formula is C49H37N5O. The van der Waals surface area contributed by atoms with Crippen LogP contribution in [-0.2, 0) is 19.5 Å². The van der Waals surface area contributed by atoms with Gasteiger partial charge in [-0.25, -0.2) is 19.7 Å². The van der Waals surface area contributed by atoms with Crippen LogP contribution in [0.4, 0.5) is 0 Å². The maximum atomic E-state index is 12.6. The Labute approximate surface area is 319 Å². The van der Waals surface area contributed by atoms with E-state index in [0.717, 1.165) is 57.3 Å². The van der Waals surface area contributed by atoms with E-state index >= 15 is 0 Å². The second-order valence-corrected chi connectivity index (χ2v) is 14.4. The van der Waals surface area contributed by atoms with Crippen LogP contribution in [0.25, 0.3) is 61.6 Å². The molecule has 2 aromatic heterocycles. The van der Waals surface area contributed by atoms with Gasteiger partial charge in [-0.15, -0.1) is 0 Å². The summed E-state index contributed by atoms with van der Waals surface area (Å²) in [6.45, 7) is 0. The molecule has 0 saturated heterocycles. The third kappa shape index (κ3) is 5.09. The van der Waals surface area contributed by atoms with Gasteiger partial charge >= 0.3 is 5.69 Å². The van der Waals surface area contributed by atoms with E-state index in [0.29, 0.717) is 17.5 Å². The molecule has 6 heteroatoms. The van der Waals surface area contributed by atoms with Gasteiger partial charge < -0.3 is 0 Å². The summed E-state index contributed by atoms with van der Waals surface area (Å²) in [5.41, 5.74) is 13.5. The molecule has 264 valence electrons. The van der Waals surface area contributed by atoms with Gasteiger partial charge in [-0.1, -0.05) is 152 Å². The number of aromatic nitrogens is 5. The summed E-state index contributed by atoms with van der Waals surface area (Å²) < 4.78 is 3.37. The molecule has 0 radical (unpaired) electrons. The molecule has 2 heterocycles. The first-order valence-electron chi connectivity index (χ1n) is 18.8. The average molecular weight is 712 g/mol. The number of rotatable bonds is 6. The Bertz CT molecular complexity index is 2860. The Kier molecular flexibility index (Phi) is 7.66. The number of imidazole rings is 1. The molecular weight excluding hydrogens is 675 g/mol. The van der Waals surface area contributed by atoms with Crippen LogP contribution in [0.5, 0.6) is 0 Å². The van der Waals surface area contributed by atoms with E-state index in [2.05, 4.69) is 158 Å². The highest BCUT2D eigenvalue weighted by Gasteiger charge is 2.47. The number of hydrogen-bond donors (Lipinski definition) is 0. The van der Waals surface area contributed by atoms with Gasteiger partial charge in [-0.3, -0.25) is 9.13 Å². The van der Waals surface area contributed by atoms with Crippen LogP contribution in [0.1, 0.15) is 40.9 Å². The molecule has 0 bridgehead atoms. The molecule has 8 aromatic rings. The minimum atomic E-state index is -0.523. The Balaban J connectivity index is 1.16. The van der Waals surface area contributed by atoms with Gasteiger partial charge in [0, 0.05) is 25.2 Å². The lowest BCUT2D eigenvalue weighted by Gasteiger charge is -2.33. The van der Waals surface area contributed by atoms with E-state index in [1.165, 1.54) is 27.8 Å². The average Bonchev–Trinajstić information content (AvgIpc) is 3.68. The minimum Gasteiger partial charge on any atom is -0.295 e. The molecule has 0 fully saturated rings. The van der Waals surface area contributed by atoms with Crippen molar-refractivity contribution in [2.45, 2.75) is 18.3 Å². The summed E-state index contributed by atoms with van der Waals surface area (Å²) in [6, 6.07) is 51.6. The maximum Gasteiger partial charge on any atom is 0.328 e. The molecule has 0 saturated carbocycles. The standard InChI is InChI=1S/C49H37N5O/c1-53-42-30-29-35(31-43(42)54(2)48(53)55)32-25-27-34(28-26-32)46-50-45(33-15-6-3-7-16-33)51-47(52-46)39-22-14-24-41-44(39)38-21-12-13-23-40(38)49(41,36-17-8-4-9-18-36)37-19-10-5-11-20-37/h3-6,8-15,17-31H,7,16H2,1-2H3. The summed E-state index contributed by atoms with van der Waals surface area (Å²) in [4.78, 5) is 28.2. The number of aryl methyl sites for hydroxylation is 2. The van der Waals surface area contributed by atoms with Crippen molar-refractivity contribution in [2.24, 2.45) is 14.1 Å². The first-order valence-corrected chi connectivity index (χ1v) is 18.8. The number of hydrogen-bond acceptors (Lipinski definition) is 4. The molecule has 0 amide bonds. The van der Waals surface area contributed by atoms with Crippen LogP contribution in [0.3, 0.4) is 0 Å². The predicted octanol–water partition coefficient (Wildman–Crippen LogP) is 10.2. The molecule has 6 aromatic carbocycles. The van der Waals surface area contributed by atoms with Crippen LogP contribution in [-0.4, -0.2) is 24.1 Å². The normalized spacial score (nSPS) is 14.1. The number of fused-ring (bicyclic) bond motifs is 4. The number of nitrogens with zero attached hydrogens (tertiary/aromatic N) is 5. The summed E-state index contributed by atoms with van der Waals surface area (Å²) in [7, 11) is 3.62. The van der Waals surface area contributed by atoms with Gasteiger partial charge in [0.2, 0.25) is 0 Å². The fourth-order valence-corrected chi connectivity index (χ4v) is 8.74. The minimum absolute atomic E-state index is 0.0362. The van der Waals surface area contributed by atoms with Crippen molar-refractivity contribution in [1.82, 2.24) is 24.1 Å². The van der Waals surface area contributed by atoms with Gasteiger partial charge in [0.05, 0.1) is 16.4 Å². The molecule has 6 nitrogen and oxygen atoms in total. The molecule has 2 aliphatic rings. The van der Waals surface area contributed by atoms with E-state index in [-0.39, 0.29) is 5.69 Å². The van der Waals surface area contributed by atoms with Gasteiger partial charge in [0.1, 0.15) is 0 Å². The first kappa shape index (κ1) is 32.7. The quantitative estimate of drug-likeness (QED) is 0.172. The molecule has 0 spiro atoms. The van der Waals surface area contributed by atoms with Gasteiger partial charge in [0.25, 0.3) is 0 Å². The molecule has 0 N–H and O–H groups in total. The van der Waals surface area contributed by atoms with Crippen LogP contribution in [0.15, 0.2) is 169 Å². The predicted molar refractivity (Wildman–Crippen MR) is 222 cm³/mol. The van der Waals surface area contributed by atoms with Gasteiger partial charge in [-0.05, 0) is 75.1 Å². The lowest BCUT2D eigenvalue weighted by Crippen LogP contribution is -2.28. The molecule has 0 atom stereocenters. The van der Waals surface area contributed by atoms with Crippen LogP contribution in [0, 0.1) is 0 Å². The van der Waals surface area contributed by atoms with Crippen LogP contribution >= 0.6 is 0 Å². The third-order valence-corrected chi connectivity index (χ3v) is 11.4. The highest BCUT2D eigenvalue weighted by Crippen LogP contribution is 2.58. The summed E-state index contributed by atoms with van der Waals surface area (Å²) >= 11 is 0. The highest BCUT2D eigenvalue weighted by atomic mass is 16.1. The van der Waals surface area contributed by atoms with Crippen LogP contribution in [0.2, 0.25) is 0 Å². The van der Waals surface area contributed by atoms with Crippen LogP contribution < -0.4 is 5.69 Å². The van der Waals surface area contributed by atoms with Crippen molar-refractivity contribution >= 4 is 16.6 Å². The largest absolute Gasteiger partial charge is 0.328 e. The fourth-order valence-electron chi connectivity index (χ4n) is 8.74. The maximum absolute atomic E-state index is 12.6. The number of allylic oxidation sites excluding steroid dienone is 4. The van der Waals surface area contributed by atoms with E-state index in [4.69, 9.17) is 15.0 Å². The Morgan fingerprint density at radius 1 is 0.545 bits per heavy atom. The summed E-state index contributed by atoms with van der Waals surface area (Å²) in [5, 5.41) is 0. The van der Waals surface area contributed by atoms with Gasteiger partial charge in [0.15, 0.2) is 17.5 Å². The fraction of sp³-hybridized carbons (Fsp3) is 0.102. The van der Waals surface area contributed by atoms with Crippen molar-refractivity contribution in [2.75, 3.05) is 0 Å². The second-order valence-electron chi connectivity index (χ2n) is 14.4. The molecule has 55 heavy (non-hydrogen) atoms. The highest BCUT2D eigenvalue weighted by molar-refractivity contribution is 5.94. The Hall–Kier alpha value is -6.92. The zero-order valence-electron chi connectivity index (χ0n) is 30.6. The van der Waals surface area contributed by atoms with E-state index in [1.807, 2.05) is 13.1 Å². The van der Waals surface area contributed by atoms with E-state index < -0.39 is 5.41 Å². The van der Waals surface area contributed by atoms with E-state index in [1.54, 1.807) is 16.2 Å². The lowest BCUT2D eigenvalue weighted by molar-refractivity contribution is 0.768. The first-order chi connectivity index (χ1) is 27.0. The number of benzene rings is 6. The SMILES string of the molecule is Cn1c(=O)n(C)c2cc(-c3ccc(-c4nc(C5=CC=CCC5)nc(-c5cccc6c5-c5ccccc5C6(c5ccccc5)c5ccccc5)n4)cc3)ccc21. The zero-order chi connectivity index (χ0) is 37.1. The Morgan fingerprint density at radius 3 is 1.87 bits per heavy atom. The molecule has 2 aliphatic carbocycles. The van der Waals surface area contributed by atoms with Crippen molar-refractivity contribution in [3.05, 3.63) is 202 Å². The topological polar surface area (TPSA) is 65.6 Å². The lowest BCUT2D eigenvalue weighted by atomic mass is 9.67. The van der Waals surface area contributed by atoms with E-state index in [9.17, 15) is 4.79 Å². The summed E-state index contributed by atoms with van der Waals surface area (Å²) in [6.07, 6.45) is 8.22. The molecule has 0 unspecified atom stereocenters. The summed E-state index contributed by atoms with van der Waals surface area (Å²) in [5.74, 6) is 1.98. The monoisotopic (exact) mass is 711 g/mol. The smallest absolute Gasteiger partial charge is 0.295 e. The van der Waals surface area contributed by atoms with Crippen molar-refractivity contribution in [3.8, 4) is 45.0 Å². The zero-order valence-corrected chi connectivity index (χ0v) is 30.6. The second kappa shape index (κ2) is 12.9. The molecule has 10 rings (SSSR count). The van der Waals surface area contributed by atoms with Crippen molar-refractivity contribution in [3.63, 3.8) is 0 Å². The third-order valence-electron chi connectivity index (χ3n) is 11.4. The van der Waals surface area contributed by atoms with Gasteiger partial charge in [-0.2, -0.15) is 0 Å². The van der Waals surface area contributed by atoms with Crippen molar-refractivity contribution in [1.29, 1.82) is 0 Å². The molecule has 0 aliphatic heterocycles. The van der Waals surface area contributed by atoms with Crippen molar-refractivity contribution < 1.29 is 0 Å². The Morgan fingerprint density at radius 2 is 1.15 bits per heavy atom.